The lowest BCUT2D eigenvalue weighted by Crippen LogP contribution is -2.00. The van der Waals surface area contributed by atoms with Crippen molar-refractivity contribution in [2.75, 3.05) is 0 Å². The van der Waals surface area contributed by atoms with Crippen molar-refractivity contribution in [1.29, 1.82) is 0 Å². The van der Waals surface area contributed by atoms with Gasteiger partial charge in [0.15, 0.2) is 0 Å². The molecule has 0 atom stereocenters. The van der Waals surface area contributed by atoms with E-state index in [4.69, 9.17) is 9.15 Å². The van der Waals surface area contributed by atoms with Crippen LogP contribution in [0.15, 0.2) is 65.5 Å². The number of aromatic nitrogens is 5. The molecule has 1 N–H and O–H groups in total. The lowest BCUT2D eigenvalue weighted by molar-refractivity contribution is 0.300. The lowest BCUT2D eigenvalue weighted by Gasteiger charge is -2.09. The van der Waals surface area contributed by atoms with E-state index in [2.05, 4.69) is 39.3 Å². The number of fused-ring (bicyclic) bond motifs is 1. The zero-order valence-electron chi connectivity index (χ0n) is 18.3. The van der Waals surface area contributed by atoms with E-state index < -0.39 is 0 Å². The summed E-state index contributed by atoms with van der Waals surface area (Å²) in [6, 6.07) is 12.6. The number of aryl methyl sites for hydroxylation is 3. The number of H-pyrrole nitrogens is 1. The van der Waals surface area contributed by atoms with Crippen LogP contribution in [0.1, 0.15) is 29.7 Å². The van der Waals surface area contributed by atoms with Crippen molar-refractivity contribution >= 4 is 10.9 Å². The highest BCUT2D eigenvalue weighted by atomic mass is 19.1. The summed E-state index contributed by atoms with van der Waals surface area (Å²) in [6.07, 6.45) is 8.33. The Bertz CT molecular complexity index is 1360. The Kier molecular flexibility index (Phi) is 5.89. The van der Waals surface area contributed by atoms with E-state index in [0.717, 1.165) is 42.5 Å². The second-order valence-electron chi connectivity index (χ2n) is 8.06. The van der Waals surface area contributed by atoms with E-state index in [1.807, 2.05) is 23.0 Å². The average Bonchev–Trinajstić information content (AvgIpc) is 3.56. The molecule has 0 aliphatic heterocycles. The molecule has 0 saturated carbocycles. The van der Waals surface area contributed by atoms with Gasteiger partial charge in [0.1, 0.15) is 35.8 Å². The molecule has 0 fully saturated rings. The number of nitrogens with zero attached hydrogens (tertiary/aromatic N) is 4. The van der Waals surface area contributed by atoms with Crippen LogP contribution in [0.2, 0.25) is 0 Å². The number of nitrogens with one attached hydrogen (secondary N) is 1. The molecule has 0 aliphatic rings. The number of aromatic amines is 1. The van der Waals surface area contributed by atoms with Crippen LogP contribution in [-0.4, -0.2) is 25.0 Å². The van der Waals surface area contributed by atoms with E-state index in [9.17, 15) is 4.39 Å². The van der Waals surface area contributed by atoms with Gasteiger partial charge in [0.2, 0.25) is 5.89 Å². The van der Waals surface area contributed by atoms with Crippen LogP contribution in [-0.2, 0) is 19.6 Å². The first-order chi connectivity index (χ1) is 16.1. The Morgan fingerprint density at radius 1 is 1.12 bits per heavy atom. The molecule has 0 saturated heterocycles. The SMILES string of the molecule is Cc1cc(OCc2coc(-c3cc4cc(F)ccc4[nH]3)n2)ccc1CCCCn1ccnn1. The van der Waals surface area contributed by atoms with Crippen LogP contribution in [0, 0.1) is 12.7 Å². The van der Waals surface area contributed by atoms with Crippen LogP contribution in [0.5, 0.6) is 5.75 Å². The Balaban J connectivity index is 1.16. The maximum atomic E-state index is 13.4. The highest BCUT2D eigenvalue weighted by Crippen LogP contribution is 2.25. The third kappa shape index (κ3) is 4.95. The molecule has 2 aromatic carbocycles. The van der Waals surface area contributed by atoms with Crippen molar-refractivity contribution in [2.24, 2.45) is 0 Å². The second-order valence-corrected chi connectivity index (χ2v) is 8.06. The molecule has 0 aliphatic carbocycles. The van der Waals surface area contributed by atoms with Crippen LogP contribution < -0.4 is 4.74 Å². The number of halogens is 1. The number of unbranched alkanes of at least 4 members (excludes halogenated alkanes) is 1. The molecule has 7 nitrogen and oxygen atoms in total. The molecule has 0 spiro atoms. The maximum absolute atomic E-state index is 13.4. The summed E-state index contributed by atoms with van der Waals surface area (Å²) in [7, 11) is 0. The molecule has 0 unspecified atom stereocenters. The third-order valence-electron chi connectivity index (χ3n) is 5.62. The van der Waals surface area contributed by atoms with Crippen molar-refractivity contribution in [1.82, 2.24) is 25.0 Å². The van der Waals surface area contributed by atoms with Crippen molar-refractivity contribution < 1.29 is 13.5 Å². The third-order valence-corrected chi connectivity index (χ3v) is 5.62. The first-order valence-corrected chi connectivity index (χ1v) is 10.9. The summed E-state index contributed by atoms with van der Waals surface area (Å²) in [5.74, 6) is 0.967. The molecule has 168 valence electrons. The lowest BCUT2D eigenvalue weighted by atomic mass is 10.0. The molecule has 5 rings (SSSR count). The minimum atomic E-state index is -0.275. The summed E-state index contributed by atoms with van der Waals surface area (Å²) < 4.78 is 26.8. The summed E-state index contributed by atoms with van der Waals surface area (Å²) in [6.45, 7) is 3.29. The van der Waals surface area contributed by atoms with Crippen LogP contribution in [0.3, 0.4) is 0 Å². The van der Waals surface area contributed by atoms with Crippen LogP contribution in [0.25, 0.3) is 22.5 Å². The molecule has 0 bridgehead atoms. The normalized spacial score (nSPS) is 11.3. The minimum absolute atomic E-state index is 0.275. The highest BCUT2D eigenvalue weighted by Gasteiger charge is 2.11. The predicted molar refractivity (Wildman–Crippen MR) is 122 cm³/mol. The van der Waals surface area contributed by atoms with Gasteiger partial charge in [-0.2, -0.15) is 0 Å². The van der Waals surface area contributed by atoms with Gasteiger partial charge in [-0.3, -0.25) is 4.68 Å². The first-order valence-electron chi connectivity index (χ1n) is 10.9. The number of hydrogen-bond donors (Lipinski definition) is 1. The van der Waals surface area contributed by atoms with Crippen LogP contribution in [0.4, 0.5) is 4.39 Å². The van der Waals surface area contributed by atoms with Gasteiger partial charge in [0.05, 0.1) is 6.20 Å². The van der Waals surface area contributed by atoms with Crippen LogP contribution >= 0.6 is 0 Å². The fraction of sp³-hybridized carbons (Fsp3) is 0.240. The summed E-state index contributed by atoms with van der Waals surface area (Å²) in [4.78, 5) is 7.69. The minimum Gasteiger partial charge on any atom is -0.487 e. The second kappa shape index (κ2) is 9.28. The van der Waals surface area contributed by atoms with E-state index in [1.54, 1.807) is 18.5 Å². The van der Waals surface area contributed by atoms with Gasteiger partial charge >= 0.3 is 0 Å². The fourth-order valence-corrected chi connectivity index (χ4v) is 3.85. The molecule has 5 aromatic rings. The zero-order chi connectivity index (χ0) is 22.6. The van der Waals surface area contributed by atoms with Gasteiger partial charge in [-0.25, -0.2) is 9.37 Å². The highest BCUT2D eigenvalue weighted by molar-refractivity contribution is 5.84. The summed E-state index contributed by atoms with van der Waals surface area (Å²) in [5, 5.41) is 8.59. The molecule has 33 heavy (non-hydrogen) atoms. The molecule has 0 radical (unpaired) electrons. The molecule has 3 aromatic heterocycles. The quantitative estimate of drug-likeness (QED) is 0.305. The number of ether oxygens (including phenoxy) is 1. The van der Waals surface area contributed by atoms with Crippen molar-refractivity contribution in [2.45, 2.75) is 39.3 Å². The largest absolute Gasteiger partial charge is 0.487 e. The van der Waals surface area contributed by atoms with Gasteiger partial charge < -0.3 is 14.1 Å². The maximum Gasteiger partial charge on any atom is 0.243 e. The molecular weight excluding hydrogens is 421 g/mol. The first kappa shape index (κ1) is 20.9. The van der Waals surface area contributed by atoms with E-state index in [0.29, 0.717) is 23.9 Å². The molecule has 8 heteroatoms. The predicted octanol–water partition coefficient (Wildman–Crippen LogP) is 5.46. The summed E-state index contributed by atoms with van der Waals surface area (Å²) >= 11 is 0. The van der Waals surface area contributed by atoms with E-state index in [1.165, 1.54) is 23.3 Å². The van der Waals surface area contributed by atoms with Gasteiger partial charge in [-0.05, 0) is 73.7 Å². The molecular formula is C25H24FN5O2. The number of rotatable bonds is 9. The average molecular weight is 445 g/mol. The van der Waals surface area contributed by atoms with Gasteiger partial charge in [-0.15, -0.1) is 5.10 Å². The zero-order valence-corrected chi connectivity index (χ0v) is 18.3. The van der Waals surface area contributed by atoms with Gasteiger partial charge in [0.25, 0.3) is 0 Å². The number of benzene rings is 2. The summed E-state index contributed by atoms with van der Waals surface area (Å²) in [5.41, 5.74) is 4.74. The topological polar surface area (TPSA) is 81.8 Å². The molecule has 0 amide bonds. The van der Waals surface area contributed by atoms with Crippen molar-refractivity contribution in [3.63, 3.8) is 0 Å². The van der Waals surface area contributed by atoms with Gasteiger partial charge in [-0.1, -0.05) is 11.3 Å². The Hall–Kier alpha value is -3.94. The fourth-order valence-electron chi connectivity index (χ4n) is 3.85. The Morgan fingerprint density at radius 3 is 2.91 bits per heavy atom. The Labute approximate surface area is 190 Å². The monoisotopic (exact) mass is 445 g/mol. The van der Waals surface area contributed by atoms with Crippen molar-refractivity contribution in [3.8, 4) is 17.3 Å². The van der Waals surface area contributed by atoms with Gasteiger partial charge in [0, 0.05) is 23.6 Å². The number of hydrogen-bond acceptors (Lipinski definition) is 5. The Morgan fingerprint density at radius 2 is 2.06 bits per heavy atom. The van der Waals surface area contributed by atoms with E-state index in [-0.39, 0.29) is 5.82 Å². The van der Waals surface area contributed by atoms with Crippen molar-refractivity contribution in [3.05, 3.63) is 83.8 Å². The smallest absolute Gasteiger partial charge is 0.243 e. The van der Waals surface area contributed by atoms with E-state index >= 15 is 0 Å². The molecule has 3 heterocycles. The standard InChI is InChI=1S/C25H24FN5O2/c1-17-12-22(7-5-18(17)4-2-3-10-31-11-9-27-30-31)32-15-21-16-33-25(28-21)24-14-19-13-20(26)6-8-23(19)29-24/h5-9,11-14,16,29H,2-4,10,15H2,1H3. The number of oxazole rings is 1.